The van der Waals surface area contributed by atoms with Gasteiger partial charge in [0.2, 0.25) is 11.8 Å². The van der Waals surface area contributed by atoms with Crippen molar-refractivity contribution in [1.82, 2.24) is 19.8 Å². The van der Waals surface area contributed by atoms with Crippen molar-refractivity contribution in [3.63, 3.8) is 0 Å². The van der Waals surface area contributed by atoms with E-state index in [0.29, 0.717) is 46.5 Å². The molecule has 4 aromatic carbocycles. The minimum absolute atomic E-state index is 0.0133. The van der Waals surface area contributed by atoms with Crippen LogP contribution in [-0.2, 0) is 73.7 Å². The topological polar surface area (TPSA) is 178 Å². The van der Waals surface area contributed by atoms with E-state index in [0.717, 1.165) is 9.80 Å². The summed E-state index contributed by atoms with van der Waals surface area (Å²) in [7, 11) is 4.96. The molecule has 4 amide bonds. The van der Waals surface area contributed by atoms with Gasteiger partial charge in [-0.15, -0.1) is 0 Å². The number of nitrogens with zero attached hydrogens (tertiary/aromatic N) is 6. The van der Waals surface area contributed by atoms with Crippen LogP contribution in [0, 0.1) is 25.5 Å². The predicted molar refractivity (Wildman–Crippen MR) is 355 cm³/mol. The molecule has 2 aromatic heterocycles. The summed E-state index contributed by atoms with van der Waals surface area (Å²) in [6, 6.07) is 11.1. The molecule has 564 valence electrons. The molecular formula is C74H80F14N6O10. The molecule has 0 saturated carbocycles. The Morgan fingerprint density at radius 1 is 0.442 bits per heavy atom. The molecular weight excluding hydrogens is 1400 g/mol. The molecule has 4 heterocycles. The summed E-state index contributed by atoms with van der Waals surface area (Å²) >= 11 is 0. The van der Waals surface area contributed by atoms with Crippen LogP contribution >= 0.6 is 0 Å². The van der Waals surface area contributed by atoms with Crippen molar-refractivity contribution in [1.29, 1.82) is 0 Å². The first-order valence-electron chi connectivity index (χ1n) is 32.3. The number of aromatic nitrogens is 2. The van der Waals surface area contributed by atoms with Crippen molar-refractivity contribution >= 4 is 47.3 Å². The number of hydrogen-bond donors (Lipinski definition) is 0. The number of aryl methyl sites for hydroxylation is 2. The lowest BCUT2D eigenvalue weighted by Gasteiger charge is -2.37. The maximum Gasteiger partial charge on any atom is 0.416 e. The molecule has 2 saturated heterocycles. The molecule has 8 rings (SSSR count). The van der Waals surface area contributed by atoms with E-state index in [1.165, 1.54) is 128 Å². The van der Waals surface area contributed by atoms with Gasteiger partial charge in [-0.25, -0.2) is 28.0 Å². The molecule has 0 radical (unpaired) electrons. The monoisotopic (exact) mass is 1480 g/mol. The lowest BCUT2D eigenvalue weighted by Crippen LogP contribution is -2.53. The fourth-order valence-electron chi connectivity index (χ4n) is 12.8. The van der Waals surface area contributed by atoms with Crippen molar-refractivity contribution in [3.05, 3.63) is 165 Å². The van der Waals surface area contributed by atoms with Crippen LogP contribution in [0.5, 0.6) is 0 Å². The second-order valence-corrected chi connectivity index (χ2v) is 29.1. The predicted octanol–water partition coefficient (Wildman–Crippen LogP) is 18.4. The summed E-state index contributed by atoms with van der Waals surface area (Å²) in [5.41, 5.74) is -13.1. The molecule has 0 unspecified atom stereocenters. The van der Waals surface area contributed by atoms with Gasteiger partial charge in [-0.3, -0.25) is 29.4 Å². The van der Waals surface area contributed by atoms with Gasteiger partial charge >= 0.3 is 48.8 Å². The number of esters is 2. The van der Waals surface area contributed by atoms with Crippen molar-refractivity contribution in [2.24, 2.45) is 0 Å². The SMILES string of the molecule is COC(=O)[C@@]1(C)CC[C@H](c2cc(-c3ccc(F)cc3C)c(N(C)C(=O)C(C)(C)c3cc(C(F)(F)F)cc(C(F)(F)F)c3)cn2)N1C(=O)OC(C)(C)C.COC(=O)[C@]1(C)CC[C@H](c2cc(-c3ccc(F)cc3C)c(N(C)C(=O)C(C)(C)c3cc(C(F)(F)F)cc(C(F)(F)F)c3)cn2)N1C(=O)OC(C)(C)C. The lowest BCUT2D eigenvalue weighted by molar-refractivity contribution is -0.153. The Morgan fingerprint density at radius 2 is 0.721 bits per heavy atom. The lowest BCUT2D eigenvalue weighted by atomic mass is 9.81. The zero-order chi connectivity index (χ0) is 78.7. The molecule has 0 bridgehead atoms. The van der Waals surface area contributed by atoms with Crippen molar-refractivity contribution in [2.75, 3.05) is 38.1 Å². The van der Waals surface area contributed by atoms with Crippen LogP contribution in [0.25, 0.3) is 22.3 Å². The maximum atomic E-state index is 14.3. The van der Waals surface area contributed by atoms with Crippen LogP contribution in [0.3, 0.4) is 0 Å². The smallest absolute Gasteiger partial charge is 0.416 e. The molecule has 6 aromatic rings. The quantitative estimate of drug-likeness (QED) is 0.0644. The second-order valence-electron chi connectivity index (χ2n) is 29.1. The summed E-state index contributed by atoms with van der Waals surface area (Å²) in [6.45, 7) is 21.1. The van der Waals surface area contributed by atoms with E-state index in [9.17, 15) is 90.2 Å². The van der Waals surface area contributed by atoms with Crippen LogP contribution in [0.1, 0.15) is 177 Å². The Balaban J connectivity index is 0.000000291. The molecule has 2 aliphatic rings. The first kappa shape index (κ1) is 81.9. The van der Waals surface area contributed by atoms with Crippen molar-refractivity contribution in [3.8, 4) is 22.3 Å². The van der Waals surface area contributed by atoms with Gasteiger partial charge < -0.3 is 28.7 Å². The van der Waals surface area contributed by atoms with Crippen LogP contribution < -0.4 is 9.80 Å². The fourth-order valence-corrected chi connectivity index (χ4v) is 12.8. The van der Waals surface area contributed by atoms with Gasteiger partial charge in [0, 0.05) is 25.2 Å². The van der Waals surface area contributed by atoms with E-state index >= 15 is 0 Å². The zero-order valence-electron chi connectivity index (χ0n) is 60.3. The number of pyridine rings is 2. The van der Waals surface area contributed by atoms with Crippen molar-refractivity contribution < 1.29 is 109 Å². The molecule has 104 heavy (non-hydrogen) atoms. The maximum absolute atomic E-state index is 14.3. The number of likely N-dealkylation sites (tertiary alicyclic amines) is 2. The summed E-state index contributed by atoms with van der Waals surface area (Å²) < 4.78 is 215. The van der Waals surface area contributed by atoms with Crippen LogP contribution in [-0.4, -0.2) is 106 Å². The normalized spacial score (nSPS) is 18.3. The summed E-state index contributed by atoms with van der Waals surface area (Å²) in [5, 5.41) is 0. The highest BCUT2D eigenvalue weighted by atomic mass is 19.4. The molecule has 4 atom stereocenters. The molecule has 30 heteroatoms. The number of carbonyl (C=O) groups excluding carboxylic acids is 6. The van der Waals surface area contributed by atoms with Crippen LogP contribution in [0.4, 0.5) is 82.4 Å². The number of methoxy groups -OCH3 is 2. The van der Waals surface area contributed by atoms with Gasteiger partial charge in [0.1, 0.15) is 33.9 Å². The highest BCUT2D eigenvalue weighted by Crippen LogP contribution is 2.50. The van der Waals surface area contributed by atoms with Gasteiger partial charge in [0.15, 0.2) is 0 Å². The largest absolute Gasteiger partial charge is 0.467 e. The Bertz CT molecular complexity index is 3980. The summed E-state index contributed by atoms with van der Waals surface area (Å²) in [5.74, 6) is -4.28. The van der Waals surface area contributed by atoms with Gasteiger partial charge in [0.05, 0.1) is 94.5 Å². The number of ether oxygens (including phenoxy) is 4. The standard InChI is InChI=1S/2C37H40F7N3O5/c2*1-20-14-24(38)10-11-25(20)26-18-27(28-12-13-35(7,31(49)51-9)47(28)32(50)52-33(2,3)4)45-19-29(26)46(8)30(48)34(5,6)21-15-22(36(39,40)41)17-23(16-21)37(42,43)44/h2*10-11,14-19,28H,12-13H2,1-9H3/t28-,35+;28-,35-/m11/s1. The van der Waals surface area contributed by atoms with Crippen LogP contribution in [0.2, 0.25) is 0 Å². The number of carbonyl (C=O) groups is 6. The number of amides is 4. The van der Waals surface area contributed by atoms with E-state index in [4.69, 9.17) is 18.9 Å². The second kappa shape index (κ2) is 28.9. The third-order valence-corrected chi connectivity index (χ3v) is 18.4. The number of alkyl halides is 12. The fraction of sp³-hybridized carbons (Fsp3) is 0.459. The number of hydrogen-bond acceptors (Lipinski definition) is 12. The number of likely N-dealkylation sites (N-methyl/N-ethyl adjacent to an activating group) is 2. The number of benzene rings is 4. The molecule has 0 N–H and O–H groups in total. The number of halogens is 14. The third-order valence-electron chi connectivity index (χ3n) is 18.4. The van der Waals surface area contributed by atoms with E-state index < -0.39 is 151 Å². The Morgan fingerprint density at radius 3 is 0.971 bits per heavy atom. The Labute approximate surface area is 592 Å². The highest BCUT2D eigenvalue weighted by Gasteiger charge is 2.56. The van der Waals surface area contributed by atoms with Gasteiger partial charge in [0.25, 0.3) is 0 Å². The third kappa shape index (κ3) is 17.2. The number of rotatable bonds is 12. The first-order valence-corrected chi connectivity index (χ1v) is 32.3. The average molecular weight is 1480 g/mol. The Kier molecular flexibility index (Phi) is 22.8. The average Bonchev–Trinajstić information content (AvgIpc) is 1.57. The van der Waals surface area contributed by atoms with Gasteiger partial charge in [-0.1, -0.05) is 12.1 Å². The minimum atomic E-state index is -5.13. The minimum Gasteiger partial charge on any atom is -0.467 e. The first-order chi connectivity index (χ1) is 47.4. The molecule has 2 aliphatic heterocycles. The van der Waals surface area contributed by atoms with E-state index in [1.807, 2.05) is 0 Å². The Hall–Kier alpha value is -9.38. The van der Waals surface area contributed by atoms with Crippen molar-refractivity contribution in [2.45, 2.75) is 193 Å². The van der Waals surface area contributed by atoms with Gasteiger partial charge in [-0.2, -0.15) is 52.7 Å². The highest BCUT2D eigenvalue weighted by molar-refractivity contribution is 6.04. The van der Waals surface area contributed by atoms with E-state index in [-0.39, 0.29) is 71.7 Å². The summed E-state index contributed by atoms with van der Waals surface area (Å²) in [4.78, 5) is 95.4. The zero-order valence-corrected chi connectivity index (χ0v) is 60.3. The van der Waals surface area contributed by atoms with E-state index in [2.05, 4.69) is 9.97 Å². The van der Waals surface area contributed by atoms with E-state index in [1.54, 1.807) is 67.5 Å². The summed E-state index contributed by atoms with van der Waals surface area (Å²) in [6.07, 6.45) is -18.8. The molecule has 2 fully saturated rings. The molecule has 0 aliphatic carbocycles. The number of anilines is 2. The molecule has 0 spiro atoms. The molecule has 16 nitrogen and oxygen atoms in total. The van der Waals surface area contributed by atoms with Crippen LogP contribution in [0.15, 0.2) is 97.3 Å². The van der Waals surface area contributed by atoms with Gasteiger partial charge in [-0.05, 0) is 229 Å².